The van der Waals surface area contributed by atoms with E-state index in [0.29, 0.717) is 25.7 Å². The summed E-state index contributed by atoms with van der Waals surface area (Å²) in [5, 5.41) is 0. The molecule has 11 heteroatoms. The van der Waals surface area contributed by atoms with E-state index in [1.54, 1.807) is 0 Å². The molecule has 4 atom stereocenters. The predicted molar refractivity (Wildman–Crippen MR) is 112 cm³/mol. The maximum absolute atomic E-state index is 11.8. The first-order chi connectivity index (χ1) is 13.4. The van der Waals surface area contributed by atoms with Crippen molar-refractivity contribution in [2.75, 3.05) is 11.5 Å². The third-order valence-electron chi connectivity index (χ3n) is 9.12. The fraction of sp³-hybridized carbons (Fsp3) is 0.900. The molecule has 4 aliphatic carbocycles. The first kappa shape index (κ1) is 26.6. The van der Waals surface area contributed by atoms with Crippen LogP contribution in [0, 0.1) is 33.5 Å². The van der Waals surface area contributed by atoms with Crippen LogP contribution >= 0.6 is 0 Å². The second-order valence-electron chi connectivity index (χ2n) is 10.7. The van der Waals surface area contributed by atoms with Crippen LogP contribution in [-0.4, -0.2) is 59.1 Å². The van der Waals surface area contributed by atoms with E-state index < -0.39 is 42.6 Å². The molecule has 4 unspecified atom stereocenters. The van der Waals surface area contributed by atoms with Gasteiger partial charge in [-0.15, -0.1) is 0 Å². The normalized spacial score (nSPS) is 37.4. The fourth-order valence-corrected chi connectivity index (χ4v) is 9.38. The van der Waals surface area contributed by atoms with Gasteiger partial charge in [-0.2, -0.15) is 0 Å². The van der Waals surface area contributed by atoms with Gasteiger partial charge < -0.3 is 9.11 Å². The van der Waals surface area contributed by atoms with Gasteiger partial charge in [-0.3, -0.25) is 9.59 Å². The second-order valence-corrected chi connectivity index (χ2v) is 13.5. The zero-order valence-corrected chi connectivity index (χ0v) is 20.2. The van der Waals surface area contributed by atoms with Gasteiger partial charge in [0.25, 0.3) is 0 Å². The second kappa shape index (κ2) is 7.69. The Hall–Kier alpha value is -0.671. The van der Waals surface area contributed by atoms with Gasteiger partial charge in [-0.25, -0.2) is 16.8 Å². The fourth-order valence-electron chi connectivity index (χ4n) is 6.82. The van der Waals surface area contributed by atoms with Gasteiger partial charge in [0, 0.05) is 23.7 Å². The molecule has 0 aromatic heterocycles. The third-order valence-corrected chi connectivity index (χ3v) is 10.8. The van der Waals surface area contributed by atoms with Crippen molar-refractivity contribution in [2.24, 2.45) is 33.5 Å². The van der Waals surface area contributed by atoms with Crippen LogP contribution in [0.15, 0.2) is 0 Å². The number of hydrogen-bond donors (Lipinski definition) is 0. The van der Waals surface area contributed by atoms with Crippen LogP contribution in [0.4, 0.5) is 0 Å². The molecule has 4 bridgehead atoms. The molecule has 0 aliphatic heterocycles. The molecule has 4 saturated carbocycles. The smallest absolute Gasteiger partial charge is 0.748 e. The van der Waals surface area contributed by atoms with Crippen molar-refractivity contribution in [1.82, 2.24) is 0 Å². The van der Waals surface area contributed by atoms with Gasteiger partial charge in [-0.05, 0) is 48.3 Å². The first-order valence-electron chi connectivity index (χ1n) is 10.3. The van der Waals surface area contributed by atoms with Crippen molar-refractivity contribution >= 4 is 41.9 Å². The van der Waals surface area contributed by atoms with Crippen molar-refractivity contribution in [3.05, 3.63) is 0 Å². The van der Waals surface area contributed by atoms with Crippen molar-refractivity contribution in [2.45, 2.75) is 66.2 Å². The van der Waals surface area contributed by atoms with E-state index in [1.807, 2.05) is 27.7 Å². The molecule has 0 aromatic carbocycles. The average molecular weight is 472 g/mol. The Labute approximate surface area is 188 Å². The van der Waals surface area contributed by atoms with Crippen molar-refractivity contribution in [1.29, 1.82) is 0 Å². The van der Waals surface area contributed by atoms with Crippen molar-refractivity contribution < 1.29 is 35.5 Å². The van der Waals surface area contributed by atoms with Gasteiger partial charge in [0.15, 0.2) is 0 Å². The molecule has 0 aromatic rings. The molecule has 0 radical (unpaired) electrons. The quantitative estimate of drug-likeness (QED) is 0.442. The molecule has 31 heavy (non-hydrogen) atoms. The maximum atomic E-state index is 11.8. The van der Waals surface area contributed by atoms with E-state index in [4.69, 9.17) is 0 Å². The van der Waals surface area contributed by atoms with Crippen molar-refractivity contribution in [3.63, 3.8) is 0 Å². The largest absolute Gasteiger partial charge is 2.00 e. The van der Waals surface area contributed by atoms with Crippen LogP contribution in [-0.2, 0) is 29.8 Å². The summed E-state index contributed by atoms with van der Waals surface area (Å²) in [6.45, 7) is 7.67. The Morgan fingerprint density at radius 2 is 1.03 bits per heavy atom. The van der Waals surface area contributed by atoms with E-state index in [1.165, 1.54) is 0 Å². The molecule has 0 heterocycles. The first-order valence-corrected chi connectivity index (χ1v) is 13.5. The summed E-state index contributed by atoms with van der Waals surface area (Å²) in [7, 11) is -8.65. The van der Waals surface area contributed by atoms with Gasteiger partial charge in [0.1, 0.15) is 11.6 Å². The van der Waals surface area contributed by atoms with Gasteiger partial charge >= 0.3 is 10.1 Å². The monoisotopic (exact) mass is 471 g/mol. The van der Waals surface area contributed by atoms with Crippen LogP contribution in [0.5, 0.6) is 0 Å². The standard InChI is InChI=1S/2C10H16O4S.Be/c2*1-9(2)7-3-4-10(9,8(11)5-7)6-15(12,13)14;/h2*7H,3-6H2,1-2H3,(H,12,13,14);/q;;+2/p-2. The van der Waals surface area contributed by atoms with Crippen molar-refractivity contribution in [3.8, 4) is 0 Å². The molecule has 4 aliphatic rings. The molecule has 0 spiro atoms. The van der Waals surface area contributed by atoms with Crippen LogP contribution in [0.25, 0.3) is 0 Å². The zero-order valence-electron chi connectivity index (χ0n) is 18.6. The number of Topliss-reactive ketones (excluding diaryl/α,β-unsaturated/α-hetero) is 2. The number of ketones is 2. The molecule has 172 valence electrons. The van der Waals surface area contributed by atoms with Gasteiger partial charge in [0.05, 0.1) is 31.7 Å². The van der Waals surface area contributed by atoms with Crippen LogP contribution in [0.2, 0.25) is 0 Å². The summed E-state index contributed by atoms with van der Waals surface area (Å²) in [6.07, 6.45) is 3.75. The molecule has 0 N–H and O–H groups in total. The van der Waals surface area contributed by atoms with E-state index in [2.05, 4.69) is 0 Å². The van der Waals surface area contributed by atoms with Crippen LogP contribution in [0.3, 0.4) is 0 Å². The summed E-state index contributed by atoms with van der Waals surface area (Å²) in [5.74, 6) is -0.560. The van der Waals surface area contributed by atoms with Gasteiger partial charge in [-0.1, -0.05) is 27.7 Å². The summed E-state index contributed by atoms with van der Waals surface area (Å²) in [6, 6.07) is 0. The van der Waals surface area contributed by atoms with E-state index in [-0.39, 0.29) is 44.4 Å². The van der Waals surface area contributed by atoms with Gasteiger partial charge in [0.2, 0.25) is 0 Å². The Morgan fingerprint density at radius 3 is 1.19 bits per heavy atom. The number of hydrogen-bond acceptors (Lipinski definition) is 8. The zero-order chi connectivity index (χ0) is 23.0. The molecular weight excluding hydrogens is 441 g/mol. The third kappa shape index (κ3) is 4.07. The number of fused-ring (bicyclic) bond motifs is 4. The number of carbonyl (C=O) groups excluding carboxylic acids is 2. The molecular formula is C20H30BeO8S2. The van der Waals surface area contributed by atoms with Crippen LogP contribution < -0.4 is 0 Å². The Morgan fingerprint density at radius 1 is 0.742 bits per heavy atom. The van der Waals surface area contributed by atoms with E-state index in [0.717, 1.165) is 12.8 Å². The van der Waals surface area contributed by atoms with E-state index in [9.17, 15) is 35.5 Å². The summed E-state index contributed by atoms with van der Waals surface area (Å²) in [5.41, 5.74) is -2.44. The maximum Gasteiger partial charge on any atom is 2.00 e. The molecule has 4 fully saturated rings. The number of carbonyl (C=O) groups is 2. The number of rotatable bonds is 4. The summed E-state index contributed by atoms with van der Waals surface area (Å²) in [4.78, 5) is 23.7. The minimum Gasteiger partial charge on any atom is -0.748 e. The Bertz CT molecular complexity index is 905. The predicted octanol–water partition coefficient (Wildman–Crippen LogP) is 1.47. The Kier molecular flexibility index (Phi) is 6.59. The minimum atomic E-state index is -4.33. The SMILES string of the molecule is CC1(C)C2CCC1(CS(=O)(=O)[O-])C(=O)C2.CC1(C)C2CCC1(CS(=O)(=O)[O-])C(=O)C2.[Be+2]. The summed E-state index contributed by atoms with van der Waals surface area (Å²) < 4.78 is 65.4. The van der Waals surface area contributed by atoms with E-state index >= 15 is 0 Å². The molecule has 0 saturated heterocycles. The molecule has 4 rings (SSSR count). The summed E-state index contributed by atoms with van der Waals surface area (Å²) >= 11 is 0. The Balaban J connectivity index is 0.000000213. The topological polar surface area (TPSA) is 149 Å². The molecule has 8 nitrogen and oxygen atoms in total. The van der Waals surface area contributed by atoms with Crippen LogP contribution in [0.1, 0.15) is 66.2 Å². The minimum absolute atomic E-state index is 0. The molecule has 0 amide bonds. The average Bonchev–Trinajstić information content (AvgIpc) is 3.05.